The zero-order chi connectivity index (χ0) is 18.2. The van der Waals surface area contributed by atoms with Crippen LogP contribution in [0.3, 0.4) is 0 Å². The van der Waals surface area contributed by atoms with Gasteiger partial charge in [-0.2, -0.15) is 0 Å². The van der Waals surface area contributed by atoms with Gasteiger partial charge in [0.05, 0.1) is 5.25 Å². The molecule has 9 nitrogen and oxygen atoms in total. The van der Waals surface area contributed by atoms with Gasteiger partial charge in [-0.15, -0.1) is 10.2 Å². The van der Waals surface area contributed by atoms with E-state index in [1.165, 1.54) is 25.9 Å². The lowest BCUT2D eigenvalue weighted by atomic mass is 10.1. The Labute approximate surface area is 142 Å². The highest BCUT2D eigenvalue weighted by Crippen LogP contribution is 2.26. The molecule has 2 heterocycles. The fourth-order valence-electron chi connectivity index (χ4n) is 2.18. The number of hydrogen-bond acceptors (Lipinski definition) is 7. The predicted molar refractivity (Wildman–Crippen MR) is 91.4 cm³/mol. The van der Waals surface area contributed by atoms with E-state index in [4.69, 9.17) is 5.73 Å². The van der Waals surface area contributed by atoms with Gasteiger partial charge in [0.1, 0.15) is 17.7 Å². The maximum absolute atomic E-state index is 12.7. The summed E-state index contributed by atoms with van der Waals surface area (Å²) in [5, 5.41) is 7.81. The molecule has 0 radical (unpaired) electrons. The highest BCUT2D eigenvalue weighted by atomic mass is 32.2. The first kappa shape index (κ1) is 18.0. The summed E-state index contributed by atoms with van der Waals surface area (Å²) < 4.78 is 3.79. The third-order valence-corrected chi connectivity index (χ3v) is 4.78. The lowest BCUT2D eigenvalue weighted by molar-refractivity contribution is 0.0992. The van der Waals surface area contributed by atoms with Gasteiger partial charge in [-0.3, -0.25) is 18.7 Å². The van der Waals surface area contributed by atoms with Crippen LogP contribution >= 0.6 is 11.8 Å². The van der Waals surface area contributed by atoms with Gasteiger partial charge in [0.25, 0.3) is 5.56 Å². The molecule has 0 amide bonds. The zero-order valence-electron chi connectivity index (χ0n) is 14.2. The molecular weight excluding hydrogens is 332 g/mol. The molecule has 2 aromatic heterocycles. The van der Waals surface area contributed by atoms with Crippen molar-refractivity contribution in [3.8, 4) is 0 Å². The normalized spacial score (nSPS) is 12.6. The molecular formula is C14H20N6O3S. The van der Waals surface area contributed by atoms with E-state index in [0.29, 0.717) is 5.16 Å². The number of carbonyl (C=O) groups is 1. The molecule has 10 heteroatoms. The molecule has 0 bridgehead atoms. The predicted octanol–water partition coefficient (Wildman–Crippen LogP) is 0.202. The summed E-state index contributed by atoms with van der Waals surface area (Å²) in [5.74, 6) is -0.585. The number of nitrogens with zero attached hydrogens (tertiary/aromatic N) is 5. The van der Waals surface area contributed by atoms with Gasteiger partial charge >= 0.3 is 5.69 Å². The number of thioether (sulfide) groups is 1. The van der Waals surface area contributed by atoms with Gasteiger partial charge in [-0.1, -0.05) is 11.8 Å². The number of carbonyl (C=O) groups excluding carboxylic acids is 1. The second kappa shape index (κ2) is 6.63. The van der Waals surface area contributed by atoms with E-state index in [2.05, 4.69) is 10.2 Å². The quantitative estimate of drug-likeness (QED) is 0.603. The second-order valence-corrected chi connectivity index (χ2v) is 7.01. The Kier molecular flexibility index (Phi) is 4.97. The van der Waals surface area contributed by atoms with Gasteiger partial charge in [0.15, 0.2) is 10.9 Å². The fraction of sp³-hybridized carbons (Fsp3) is 0.500. The minimum Gasteiger partial charge on any atom is -0.384 e. The van der Waals surface area contributed by atoms with Crippen LogP contribution in [-0.2, 0) is 14.1 Å². The summed E-state index contributed by atoms with van der Waals surface area (Å²) in [6, 6.07) is 0.139. The van der Waals surface area contributed by atoms with Crippen molar-refractivity contribution in [2.24, 2.45) is 14.1 Å². The summed E-state index contributed by atoms with van der Waals surface area (Å²) in [6.07, 6.45) is 1.59. The van der Waals surface area contributed by atoms with Crippen molar-refractivity contribution in [3.05, 3.63) is 32.7 Å². The first-order valence-electron chi connectivity index (χ1n) is 7.32. The number of Topliss-reactive ketones (excluding diaryl/α,β-unsaturated/α-hetero) is 1. The van der Waals surface area contributed by atoms with Crippen LogP contribution in [0.5, 0.6) is 0 Å². The smallest absolute Gasteiger partial charge is 0.332 e. The minimum atomic E-state index is -0.696. The van der Waals surface area contributed by atoms with E-state index in [0.717, 1.165) is 9.13 Å². The minimum absolute atomic E-state index is 0.133. The van der Waals surface area contributed by atoms with E-state index in [1.54, 1.807) is 13.3 Å². The first-order chi connectivity index (χ1) is 11.2. The van der Waals surface area contributed by atoms with Gasteiger partial charge in [0.2, 0.25) is 0 Å². The Morgan fingerprint density at radius 3 is 2.42 bits per heavy atom. The molecule has 1 atom stereocenters. The molecule has 0 aromatic carbocycles. The van der Waals surface area contributed by atoms with Gasteiger partial charge in [0, 0.05) is 20.1 Å². The number of nitrogens with two attached hydrogens (primary N) is 1. The molecule has 0 fully saturated rings. The summed E-state index contributed by atoms with van der Waals surface area (Å²) >= 11 is 1.19. The molecule has 2 rings (SSSR count). The highest BCUT2D eigenvalue weighted by molar-refractivity contribution is 8.00. The molecule has 24 heavy (non-hydrogen) atoms. The summed E-state index contributed by atoms with van der Waals surface area (Å²) in [5.41, 5.74) is 4.37. The molecule has 2 N–H and O–H groups in total. The van der Waals surface area contributed by atoms with Gasteiger partial charge in [-0.25, -0.2) is 4.79 Å². The summed E-state index contributed by atoms with van der Waals surface area (Å²) in [4.78, 5) is 36.9. The van der Waals surface area contributed by atoms with Gasteiger partial charge < -0.3 is 10.3 Å². The van der Waals surface area contributed by atoms with E-state index < -0.39 is 22.3 Å². The van der Waals surface area contributed by atoms with Crippen LogP contribution in [0.25, 0.3) is 0 Å². The lowest BCUT2D eigenvalue weighted by Gasteiger charge is -2.15. The van der Waals surface area contributed by atoms with Crippen molar-refractivity contribution in [2.75, 3.05) is 5.73 Å². The third kappa shape index (κ3) is 3.01. The van der Waals surface area contributed by atoms with Crippen LogP contribution in [0.4, 0.5) is 5.82 Å². The Morgan fingerprint density at radius 2 is 1.83 bits per heavy atom. The Bertz CT molecular complexity index is 895. The molecule has 0 aliphatic rings. The summed E-state index contributed by atoms with van der Waals surface area (Å²) in [6.45, 7) is 5.61. The molecule has 0 aliphatic heterocycles. The average molecular weight is 352 g/mol. The SMILES string of the molecule is CC(C)n1cnnc1S[C@@H](C)C(=O)c1c(N)n(C)c(=O)n(C)c1=O. The second-order valence-electron chi connectivity index (χ2n) is 5.70. The van der Waals surface area contributed by atoms with Gasteiger partial charge in [-0.05, 0) is 20.8 Å². The maximum atomic E-state index is 12.7. The van der Waals surface area contributed by atoms with Crippen molar-refractivity contribution in [1.82, 2.24) is 23.9 Å². The average Bonchev–Trinajstić information content (AvgIpc) is 2.99. The maximum Gasteiger partial charge on any atom is 0.332 e. The standard InChI is InChI=1S/C14H20N6O3S/c1-7(2)20-6-16-17-13(20)24-8(3)10(21)9-11(15)18(4)14(23)19(5)12(9)22/h6-8H,15H2,1-5H3/t8-/m0/s1. The molecule has 0 saturated carbocycles. The van der Waals surface area contributed by atoms with Crippen LogP contribution in [-0.4, -0.2) is 34.9 Å². The number of hydrogen-bond donors (Lipinski definition) is 1. The monoisotopic (exact) mass is 352 g/mol. The van der Waals surface area contributed by atoms with Crippen molar-refractivity contribution in [1.29, 1.82) is 0 Å². The van der Waals surface area contributed by atoms with Crippen molar-refractivity contribution < 1.29 is 4.79 Å². The Balaban J connectivity index is 2.41. The number of anilines is 1. The van der Waals surface area contributed by atoms with E-state index in [-0.39, 0.29) is 17.4 Å². The summed E-state index contributed by atoms with van der Waals surface area (Å²) in [7, 11) is 2.73. The van der Waals surface area contributed by atoms with Crippen LogP contribution in [0.15, 0.2) is 21.1 Å². The van der Waals surface area contributed by atoms with E-state index in [9.17, 15) is 14.4 Å². The number of rotatable bonds is 5. The fourth-order valence-corrected chi connectivity index (χ4v) is 3.19. The lowest BCUT2D eigenvalue weighted by Crippen LogP contribution is -2.42. The van der Waals surface area contributed by atoms with Crippen LogP contribution in [0.2, 0.25) is 0 Å². The molecule has 0 saturated heterocycles. The topological polar surface area (TPSA) is 118 Å². The zero-order valence-corrected chi connectivity index (χ0v) is 15.0. The van der Waals surface area contributed by atoms with Crippen LogP contribution in [0.1, 0.15) is 37.2 Å². The molecule has 0 aliphatic carbocycles. The van der Waals surface area contributed by atoms with E-state index in [1.807, 2.05) is 18.4 Å². The number of ketones is 1. The molecule has 130 valence electrons. The Morgan fingerprint density at radius 1 is 1.21 bits per heavy atom. The largest absolute Gasteiger partial charge is 0.384 e. The van der Waals surface area contributed by atoms with Crippen molar-refractivity contribution in [2.45, 2.75) is 37.2 Å². The molecule has 0 unspecified atom stereocenters. The highest BCUT2D eigenvalue weighted by Gasteiger charge is 2.26. The third-order valence-electron chi connectivity index (χ3n) is 3.70. The van der Waals surface area contributed by atoms with E-state index >= 15 is 0 Å². The van der Waals surface area contributed by atoms with Crippen LogP contribution < -0.4 is 17.0 Å². The number of aromatic nitrogens is 5. The van der Waals surface area contributed by atoms with Crippen LogP contribution in [0, 0.1) is 0 Å². The molecule has 0 spiro atoms. The van der Waals surface area contributed by atoms with Crippen molar-refractivity contribution >= 4 is 23.4 Å². The first-order valence-corrected chi connectivity index (χ1v) is 8.20. The van der Waals surface area contributed by atoms with Crippen molar-refractivity contribution in [3.63, 3.8) is 0 Å². The molecule has 2 aromatic rings. The number of nitrogen functional groups attached to an aromatic ring is 1. The Hall–Kier alpha value is -2.36.